The van der Waals surface area contributed by atoms with Crippen LogP contribution in [-0.2, 0) is 0 Å². The van der Waals surface area contributed by atoms with E-state index in [0.29, 0.717) is 0 Å². The number of aromatic nitrogens is 9. The van der Waals surface area contributed by atoms with Crippen molar-refractivity contribution in [2.24, 2.45) is 0 Å². The summed E-state index contributed by atoms with van der Waals surface area (Å²) in [5, 5.41) is 30.2. The quantitative estimate of drug-likeness (QED) is 0.135. The van der Waals surface area contributed by atoms with E-state index in [0.717, 1.165) is 48.6 Å². The van der Waals surface area contributed by atoms with Crippen LogP contribution in [0, 0.1) is 0 Å². The van der Waals surface area contributed by atoms with Gasteiger partial charge in [0, 0.05) is 150 Å². The lowest BCUT2D eigenvalue weighted by molar-refractivity contribution is 1.18. The molecule has 0 fully saturated rings. The molecule has 0 amide bonds. The van der Waals surface area contributed by atoms with E-state index in [1.54, 1.807) is 34.0 Å². The summed E-state index contributed by atoms with van der Waals surface area (Å²) in [6.45, 7) is 0. The van der Waals surface area contributed by atoms with Gasteiger partial charge in [-0.15, -0.1) is 34.0 Å². The first-order valence-corrected chi connectivity index (χ1v) is 52.4. The molecule has 684 valence electrons. The minimum Gasteiger partial charge on any atom is -0.309 e. The van der Waals surface area contributed by atoms with E-state index in [1.165, 1.54) is 243 Å². The van der Waals surface area contributed by atoms with Gasteiger partial charge in [0.25, 0.3) is 0 Å². The molecule has 0 saturated heterocycles. The summed E-state index contributed by atoms with van der Waals surface area (Å²) in [6, 6.07) is 172. The van der Waals surface area contributed by atoms with Crippen molar-refractivity contribution in [2.45, 2.75) is 0 Å². The molecule has 12 heterocycles. The first kappa shape index (κ1) is 83.0. The molecule has 0 spiro atoms. The van der Waals surface area contributed by atoms with Crippen molar-refractivity contribution < 1.29 is 0 Å². The van der Waals surface area contributed by atoms with E-state index in [1.807, 2.05) is 18.6 Å². The smallest absolute Gasteiger partial charge is 0.124 e. The van der Waals surface area contributed by atoms with Crippen LogP contribution in [0.15, 0.2) is 492 Å². The zero-order valence-electron chi connectivity index (χ0n) is 79.0. The van der Waals surface area contributed by atoms with Crippen LogP contribution in [-0.4, -0.2) is 42.4 Å². The molecular formula is C135H81N9S3. The molecule has 33 rings (SSSR count). The fourth-order valence-electron chi connectivity index (χ4n) is 24.5. The monoisotopic (exact) mass is 1920 g/mol. The van der Waals surface area contributed by atoms with Crippen LogP contribution >= 0.6 is 34.0 Å². The van der Waals surface area contributed by atoms with Crippen molar-refractivity contribution in [3.63, 3.8) is 0 Å². The highest BCUT2D eigenvalue weighted by Gasteiger charge is 2.33. The van der Waals surface area contributed by atoms with Crippen molar-refractivity contribution in [1.29, 1.82) is 0 Å². The van der Waals surface area contributed by atoms with E-state index in [9.17, 15) is 0 Å². The van der Waals surface area contributed by atoms with Crippen molar-refractivity contribution in [2.75, 3.05) is 0 Å². The zero-order chi connectivity index (χ0) is 96.2. The van der Waals surface area contributed by atoms with Crippen LogP contribution in [0.4, 0.5) is 0 Å². The molecule has 147 heavy (non-hydrogen) atoms. The Bertz CT molecular complexity index is 11200. The predicted octanol–water partition coefficient (Wildman–Crippen LogP) is 37.4. The van der Waals surface area contributed by atoms with Crippen molar-refractivity contribution in [3.05, 3.63) is 492 Å². The summed E-state index contributed by atoms with van der Waals surface area (Å²) in [5.41, 5.74) is 28.7. The van der Waals surface area contributed by atoms with Crippen LogP contribution in [0.25, 0.3) is 292 Å². The number of fused-ring (bicyclic) bond motifs is 42. The van der Waals surface area contributed by atoms with Gasteiger partial charge in [-0.2, -0.15) is 0 Å². The Morgan fingerprint density at radius 1 is 0.136 bits per heavy atom. The van der Waals surface area contributed by atoms with Gasteiger partial charge in [0.1, 0.15) is 14.5 Å². The van der Waals surface area contributed by atoms with Crippen LogP contribution < -0.4 is 0 Å². The minimum absolute atomic E-state index is 1.05. The molecule has 0 bridgehead atoms. The molecule has 33 aromatic rings. The molecule has 12 aromatic heterocycles. The van der Waals surface area contributed by atoms with Crippen LogP contribution in [0.1, 0.15) is 0 Å². The molecular weight excluding hydrogens is 1840 g/mol. The molecule has 12 heteroatoms. The van der Waals surface area contributed by atoms with E-state index >= 15 is 0 Å². The second-order valence-electron chi connectivity index (χ2n) is 38.2. The second kappa shape index (κ2) is 32.9. The summed E-state index contributed by atoms with van der Waals surface area (Å²) >= 11 is 5.41. The van der Waals surface area contributed by atoms with Crippen LogP contribution in [0.3, 0.4) is 0 Å². The SMILES string of the molecule is c1ccc(-c2cc(-c3ccccc3)cc(-n3c4ccccc4c4c5c6ccccc6n(-c6ccccc6)c5c5c6cccnc6sc5c43)c2)cc1.c1ccc(-c2ccc(-n3c4ccccc4c4c5c6ccccc6n(-c6ccccc6)c5c5c6cccnc6sc5c43)cc2)cc1.c1ccc(-n2c3ccccc3c3c4c5ccccc5n(-c5ccc6c7ccccc7c7ccccc7c6c5)c4c4sc5ncccc5c4c32)cc1. The first-order valence-electron chi connectivity index (χ1n) is 49.9. The summed E-state index contributed by atoms with van der Waals surface area (Å²) in [6.07, 6.45) is 5.76. The Morgan fingerprint density at radius 2 is 0.361 bits per heavy atom. The average Bonchev–Trinajstić information content (AvgIpc) is 1.52. The van der Waals surface area contributed by atoms with Crippen molar-refractivity contribution in [1.82, 2.24) is 42.4 Å². The highest BCUT2D eigenvalue weighted by atomic mass is 32.1. The van der Waals surface area contributed by atoms with Gasteiger partial charge in [-0.3, -0.25) is 0 Å². The van der Waals surface area contributed by atoms with Gasteiger partial charge in [0.15, 0.2) is 0 Å². The lowest BCUT2D eigenvalue weighted by Gasteiger charge is -2.15. The number of nitrogens with zero attached hydrogens (tertiary/aromatic N) is 9. The van der Waals surface area contributed by atoms with E-state index in [-0.39, 0.29) is 0 Å². The molecule has 9 nitrogen and oxygen atoms in total. The Kier molecular flexibility index (Phi) is 18.6. The summed E-state index contributed by atoms with van der Waals surface area (Å²) in [4.78, 5) is 18.0. The first-order chi connectivity index (χ1) is 73.0. The fraction of sp³-hybridized carbons (Fsp3) is 0. The molecule has 0 aliphatic carbocycles. The summed E-state index contributed by atoms with van der Waals surface area (Å²) in [7, 11) is 0. The van der Waals surface area contributed by atoms with Gasteiger partial charge in [-0.1, -0.05) is 322 Å². The van der Waals surface area contributed by atoms with Crippen molar-refractivity contribution >= 4 is 258 Å². The Morgan fingerprint density at radius 3 is 0.687 bits per heavy atom. The number of para-hydroxylation sites is 9. The molecule has 0 unspecified atom stereocenters. The largest absolute Gasteiger partial charge is 0.309 e. The van der Waals surface area contributed by atoms with Gasteiger partial charge in [-0.25, -0.2) is 15.0 Å². The lowest BCUT2D eigenvalue weighted by Crippen LogP contribution is -1.97. The zero-order valence-corrected chi connectivity index (χ0v) is 81.5. The molecule has 0 atom stereocenters. The molecule has 0 radical (unpaired) electrons. The predicted molar refractivity (Wildman–Crippen MR) is 626 cm³/mol. The third kappa shape index (κ3) is 12.4. The molecule has 21 aromatic carbocycles. The standard InChI is InChI=1S/C47H27N3S.C47H29N3S.C41H25N3S/c1-2-13-28(14-3-1)49-39-22-10-8-19-35(39)41-42-36-20-9-11-23-40(36)50(45(42)46-43(44(41)49)37-21-12-26-48-47(37)51-46)29-24-25-34-32-17-5-4-15-30(32)31-16-6-7-18-33(31)38(34)27-29;1-4-15-30(16-5-1)32-27-33(31-17-6-2-7-18-31)29-35(28-32)50-40-25-13-11-22-37(40)42-41-36-21-10-12-24-39(36)49(34-19-8-3-9-20-34)44(41)43-38-23-14-26-48-47(38)51-46(43)45(42)50;1-3-12-26(13-4-1)27-21-23-29(24-22-27)44-34-20-10-8-17-31(34)36-35-30-16-7-9-19-33(30)43(28-14-5-2-6-15-28)38(35)37-32-18-11-25-42-41(32)45-40(37)39(36)44/h1-27H;1-29H;1-25H. The van der Waals surface area contributed by atoms with Gasteiger partial charge >= 0.3 is 0 Å². The number of benzene rings is 21. The molecule has 0 saturated carbocycles. The van der Waals surface area contributed by atoms with E-state index in [4.69, 9.17) is 15.0 Å². The topological polar surface area (TPSA) is 68.2 Å². The normalized spacial score (nSPS) is 12.1. The van der Waals surface area contributed by atoms with Crippen LogP contribution in [0.2, 0.25) is 0 Å². The van der Waals surface area contributed by atoms with E-state index < -0.39 is 0 Å². The Hall–Kier alpha value is -18.7. The highest BCUT2D eigenvalue weighted by Crippen LogP contribution is 2.57. The molecule has 0 N–H and O–H groups in total. The molecule has 0 aliphatic rings. The second-order valence-corrected chi connectivity index (χ2v) is 41.2. The fourth-order valence-corrected chi connectivity index (χ4v) is 28.0. The third-order valence-electron chi connectivity index (χ3n) is 30.4. The van der Waals surface area contributed by atoms with Gasteiger partial charge in [-0.05, 0) is 217 Å². The third-order valence-corrected chi connectivity index (χ3v) is 33.8. The van der Waals surface area contributed by atoms with Crippen molar-refractivity contribution in [3.8, 4) is 67.5 Å². The average molecular weight is 1930 g/mol. The number of hydrogen-bond acceptors (Lipinski definition) is 6. The Balaban J connectivity index is 0.000000100. The van der Waals surface area contributed by atoms with Gasteiger partial charge in [0.05, 0.1) is 80.3 Å². The summed E-state index contributed by atoms with van der Waals surface area (Å²) in [5.74, 6) is 0. The maximum Gasteiger partial charge on any atom is 0.124 e. The minimum atomic E-state index is 1.05. The van der Waals surface area contributed by atoms with E-state index in [2.05, 4.69) is 501 Å². The maximum atomic E-state index is 4.95. The van der Waals surface area contributed by atoms with Gasteiger partial charge < -0.3 is 27.4 Å². The highest BCUT2D eigenvalue weighted by molar-refractivity contribution is 7.27. The maximum absolute atomic E-state index is 4.95. The number of rotatable bonds is 9. The molecule has 0 aliphatic heterocycles. The summed E-state index contributed by atoms with van der Waals surface area (Å²) < 4.78 is 18.7. The number of thiophene rings is 3. The number of hydrogen-bond donors (Lipinski definition) is 0. The number of pyridine rings is 3. The lowest BCUT2D eigenvalue weighted by atomic mass is 9.94. The van der Waals surface area contributed by atoms with Crippen LogP contribution in [0.5, 0.6) is 0 Å². The van der Waals surface area contributed by atoms with Gasteiger partial charge in [0.2, 0.25) is 0 Å². The Labute approximate surface area is 852 Å².